The normalized spacial score (nSPS) is 13.2. The summed E-state index contributed by atoms with van der Waals surface area (Å²) in [5, 5.41) is 17.7. The minimum Gasteiger partial charge on any atom is -0.394 e. The molecule has 0 aliphatic heterocycles. The molecule has 104 valence electrons. The lowest BCUT2D eigenvalue weighted by Gasteiger charge is -2.14. The highest BCUT2D eigenvalue weighted by Gasteiger charge is 2.05. The highest BCUT2D eigenvalue weighted by atomic mass is 16.6. The Morgan fingerprint density at radius 1 is 0.882 bits per heavy atom. The van der Waals surface area contributed by atoms with Gasteiger partial charge >= 0.3 is 0 Å². The van der Waals surface area contributed by atoms with Crippen molar-refractivity contribution in [2.24, 2.45) is 0 Å². The molecule has 0 saturated heterocycles. The zero-order chi connectivity index (χ0) is 12.9. The van der Waals surface area contributed by atoms with E-state index in [0.29, 0.717) is 33.0 Å². The summed E-state index contributed by atoms with van der Waals surface area (Å²) in [5.74, 6) is 0. The lowest BCUT2D eigenvalue weighted by atomic mass is 10.5. The first kappa shape index (κ1) is 16.8. The number of aliphatic hydroxyl groups excluding tert-OH is 2. The van der Waals surface area contributed by atoms with Gasteiger partial charge in [0.15, 0.2) is 6.29 Å². The van der Waals surface area contributed by atoms with Crippen molar-refractivity contribution in [1.29, 1.82) is 0 Å². The van der Waals surface area contributed by atoms with Crippen LogP contribution < -0.4 is 0 Å². The van der Waals surface area contributed by atoms with E-state index in [1.165, 1.54) is 0 Å². The van der Waals surface area contributed by atoms with Crippen molar-refractivity contribution in [3.05, 3.63) is 0 Å². The van der Waals surface area contributed by atoms with E-state index in [1.54, 1.807) is 0 Å². The second-order valence-electron chi connectivity index (χ2n) is 3.66. The van der Waals surface area contributed by atoms with Crippen LogP contribution >= 0.6 is 0 Å². The van der Waals surface area contributed by atoms with E-state index in [9.17, 15) is 5.11 Å². The molecule has 2 N–H and O–H groups in total. The average Bonchev–Trinajstić information content (AvgIpc) is 2.26. The third kappa shape index (κ3) is 13.7. The summed E-state index contributed by atoms with van der Waals surface area (Å²) in [6, 6.07) is 0. The summed E-state index contributed by atoms with van der Waals surface area (Å²) in [7, 11) is 0. The van der Waals surface area contributed by atoms with Gasteiger partial charge in [-0.15, -0.1) is 0 Å². The molecule has 0 aromatic rings. The predicted molar refractivity (Wildman–Crippen MR) is 61.8 cm³/mol. The van der Waals surface area contributed by atoms with Crippen LogP contribution in [0.2, 0.25) is 0 Å². The van der Waals surface area contributed by atoms with E-state index in [2.05, 4.69) is 0 Å². The second-order valence-corrected chi connectivity index (χ2v) is 3.66. The number of hydrogen-bond donors (Lipinski definition) is 2. The maximum Gasteiger partial charge on any atom is 0.178 e. The molecule has 0 aliphatic carbocycles. The number of ether oxygens (including phenoxy) is 4. The van der Waals surface area contributed by atoms with Gasteiger partial charge in [-0.1, -0.05) is 0 Å². The van der Waals surface area contributed by atoms with Crippen LogP contribution in [0.15, 0.2) is 0 Å². The van der Waals surface area contributed by atoms with E-state index >= 15 is 0 Å². The third-order valence-electron chi connectivity index (χ3n) is 1.67. The molecule has 6 heteroatoms. The van der Waals surface area contributed by atoms with Gasteiger partial charge < -0.3 is 29.2 Å². The molecule has 0 rings (SSSR count). The minimum atomic E-state index is -0.886. The predicted octanol–water partition coefficient (Wildman–Crippen LogP) is -0.228. The largest absolute Gasteiger partial charge is 0.394 e. The zero-order valence-corrected chi connectivity index (χ0v) is 10.6. The standard InChI is InChI=1S/C11H24O6/c1-10(2)17-11(13)9-16-8-7-15-6-5-14-4-3-12/h10-13H,3-9H2,1-2H3. The van der Waals surface area contributed by atoms with E-state index in [0.717, 1.165) is 0 Å². The molecular weight excluding hydrogens is 228 g/mol. The molecule has 6 nitrogen and oxygen atoms in total. The summed E-state index contributed by atoms with van der Waals surface area (Å²) in [6.07, 6.45) is -0.906. The molecule has 0 aromatic carbocycles. The Morgan fingerprint density at radius 2 is 1.41 bits per heavy atom. The van der Waals surface area contributed by atoms with Gasteiger partial charge in [0.2, 0.25) is 0 Å². The monoisotopic (exact) mass is 252 g/mol. The summed E-state index contributed by atoms with van der Waals surface area (Å²) < 4.78 is 20.4. The molecule has 0 aromatic heterocycles. The van der Waals surface area contributed by atoms with Crippen LogP contribution in [0, 0.1) is 0 Å². The number of aliphatic hydroxyl groups is 2. The quantitative estimate of drug-likeness (QED) is 0.369. The summed E-state index contributed by atoms with van der Waals surface area (Å²) in [4.78, 5) is 0. The van der Waals surface area contributed by atoms with Crippen molar-refractivity contribution in [3.63, 3.8) is 0 Å². The van der Waals surface area contributed by atoms with Crippen LogP contribution in [0.3, 0.4) is 0 Å². The van der Waals surface area contributed by atoms with Gasteiger partial charge in [0, 0.05) is 0 Å². The second kappa shape index (κ2) is 12.2. The first-order chi connectivity index (χ1) is 8.16. The average molecular weight is 252 g/mol. The Kier molecular flexibility index (Phi) is 12.1. The first-order valence-electron chi connectivity index (χ1n) is 5.84. The lowest BCUT2D eigenvalue weighted by molar-refractivity contribution is -0.160. The van der Waals surface area contributed by atoms with E-state index in [1.807, 2.05) is 13.8 Å². The molecule has 0 aliphatic rings. The molecule has 0 amide bonds. The van der Waals surface area contributed by atoms with Gasteiger partial charge in [0.25, 0.3) is 0 Å². The van der Waals surface area contributed by atoms with Gasteiger partial charge in [-0.3, -0.25) is 0 Å². The molecule has 0 saturated carbocycles. The van der Waals surface area contributed by atoms with Crippen molar-refractivity contribution >= 4 is 0 Å². The fraction of sp³-hybridized carbons (Fsp3) is 1.00. The smallest absolute Gasteiger partial charge is 0.178 e. The van der Waals surface area contributed by atoms with Gasteiger partial charge in [-0.05, 0) is 13.8 Å². The van der Waals surface area contributed by atoms with Crippen LogP contribution in [0.1, 0.15) is 13.8 Å². The van der Waals surface area contributed by atoms with Crippen molar-refractivity contribution in [1.82, 2.24) is 0 Å². The van der Waals surface area contributed by atoms with E-state index in [4.69, 9.17) is 24.1 Å². The van der Waals surface area contributed by atoms with Gasteiger partial charge in [-0.2, -0.15) is 0 Å². The molecule has 0 fully saturated rings. The molecule has 1 atom stereocenters. The van der Waals surface area contributed by atoms with Crippen LogP contribution in [-0.4, -0.2) is 68.9 Å². The highest BCUT2D eigenvalue weighted by molar-refractivity contribution is 4.42. The molecule has 0 bridgehead atoms. The summed E-state index contributed by atoms with van der Waals surface area (Å²) in [6.45, 7) is 5.96. The molecule has 0 spiro atoms. The Hall–Kier alpha value is -0.240. The van der Waals surface area contributed by atoms with Crippen LogP contribution in [0.4, 0.5) is 0 Å². The van der Waals surface area contributed by atoms with Crippen molar-refractivity contribution in [3.8, 4) is 0 Å². The zero-order valence-electron chi connectivity index (χ0n) is 10.6. The fourth-order valence-electron chi connectivity index (χ4n) is 1.04. The third-order valence-corrected chi connectivity index (χ3v) is 1.67. The minimum absolute atomic E-state index is 0.0199. The van der Waals surface area contributed by atoms with Crippen LogP contribution in [-0.2, 0) is 18.9 Å². The van der Waals surface area contributed by atoms with Gasteiger partial charge in [0.05, 0.1) is 52.4 Å². The van der Waals surface area contributed by atoms with Crippen LogP contribution in [0.25, 0.3) is 0 Å². The van der Waals surface area contributed by atoms with Gasteiger partial charge in [0.1, 0.15) is 0 Å². The maximum atomic E-state index is 9.29. The lowest BCUT2D eigenvalue weighted by Crippen LogP contribution is -2.23. The number of rotatable bonds is 12. The fourth-order valence-corrected chi connectivity index (χ4v) is 1.04. The summed E-state index contributed by atoms with van der Waals surface area (Å²) in [5.41, 5.74) is 0. The Bertz CT molecular complexity index is 153. The molecule has 0 radical (unpaired) electrons. The molecule has 17 heavy (non-hydrogen) atoms. The Labute approximate surface area is 102 Å². The van der Waals surface area contributed by atoms with Crippen molar-refractivity contribution in [2.75, 3.05) is 46.2 Å². The van der Waals surface area contributed by atoms with Crippen molar-refractivity contribution < 1.29 is 29.2 Å². The van der Waals surface area contributed by atoms with E-state index in [-0.39, 0.29) is 19.3 Å². The Morgan fingerprint density at radius 3 is 1.94 bits per heavy atom. The highest BCUT2D eigenvalue weighted by Crippen LogP contribution is 1.95. The topological polar surface area (TPSA) is 77.4 Å². The molecule has 1 unspecified atom stereocenters. The number of hydrogen-bond acceptors (Lipinski definition) is 6. The van der Waals surface area contributed by atoms with Crippen molar-refractivity contribution in [2.45, 2.75) is 26.2 Å². The summed E-state index contributed by atoms with van der Waals surface area (Å²) >= 11 is 0. The SMILES string of the molecule is CC(C)OC(O)COCCOCCOCCO. The Balaban J connectivity index is 3.07. The maximum absolute atomic E-state index is 9.29. The van der Waals surface area contributed by atoms with E-state index < -0.39 is 6.29 Å². The molecular formula is C11H24O6. The van der Waals surface area contributed by atoms with Gasteiger partial charge in [-0.25, -0.2) is 0 Å². The van der Waals surface area contributed by atoms with Crippen LogP contribution in [0.5, 0.6) is 0 Å². The first-order valence-corrected chi connectivity index (χ1v) is 5.84. The molecule has 0 heterocycles.